The summed E-state index contributed by atoms with van der Waals surface area (Å²) in [6.07, 6.45) is 5.54. The molecule has 4 rings (SSSR count). The standard InChI is InChI=1S/C19H15N3O/c23-19-16(15-8-4-5-9-17(15)21-19)12-18-20-10-11-22(18)13-14-6-2-1-3-7-14/h1-12H,13H2,(H,21,23). The number of benzene rings is 2. The number of rotatable bonds is 3. The summed E-state index contributed by atoms with van der Waals surface area (Å²) in [5, 5.41) is 2.88. The van der Waals surface area contributed by atoms with Gasteiger partial charge in [0.15, 0.2) is 0 Å². The minimum absolute atomic E-state index is 0.0829. The normalized spacial score (nSPS) is 14.8. The predicted molar refractivity (Wildman–Crippen MR) is 90.7 cm³/mol. The summed E-state index contributed by atoms with van der Waals surface area (Å²) in [4.78, 5) is 16.6. The van der Waals surface area contributed by atoms with Gasteiger partial charge in [0.2, 0.25) is 0 Å². The molecule has 2 heterocycles. The number of amides is 1. The van der Waals surface area contributed by atoms with Gasteiger partial charge < -0.3 is 9.88 Å². The van der Waals surface area contributed by atoms with Gasteiger partial charge in [-0.25, -0.2) is 4.98 Å². The zero-order chi connectivity index (χ0) is 15.6. The molecule has 0 bridgehead atoms. The second-order valence-corrected chi connectivity index (χ2v) is 5.46. The third-order valence-corrected chi connectivity index (χ3v) is 3.93. The number of carbonyl (C=O) groups excluding carboxylic acids is 1. The summed E-state index contributed by atoms with van der Waals surface area (Å²) in [7, 11) is 0. The van der Waals surface area contributed by atoms with Crippen molar-refractivity contribution in [2.75, 3.05) is 5.32 Å². The van der Waals surface area contributed by atoms with Crippen molar-refractivity contribution in [3.05, 3.63) is 83.9 Å². The lowest BCUT2D eigenvalue weighted by molar-refractivity contribution is -0.110. The van der Waals surface area contributed by atoms with Gasteiger partial charge in [0.1, 0.15) is 5.82 Å². The van der Waals surface area contributed by atoms with E-state index in [9.17, 15) is 4.79 Å². The van der Waals surface area contributed by atoms with Crippen molar-refractivity contribution >= 4 is 23.2 Å². The Kier molecular flexibility index (Phi) is 3.27. The number of aromatic nitrogens is 2. The Balaban J connectivity index is 1.70. The van der Waals surface area contributed by atoms with Gasteiger partial charge in [-0.05, 0) is 17.7 Å². The Bertz CT molecular complexity index is 894. The fourth-order valence-corrected chi connectivity index (χ4v) is 2.79. The molecule has 1 aliphatic rings. The van der Waals surface area contributed by atoms with Crippen LogP contribution in [0.2, 0.25) is 0 Å². The van der Waals surface area contributed by atoms with Crippen LogP contribution in [0.25, 0.3) is 11.6 Å². The van der Waals surface area contributed by atoms with E-state index >= 15 is 0 Å². The Labute approximate surface area is 134 Å². The second kappa shape index (κ2) is 5.57. The predicted octanol–water partition coefficient (Wildman–Crippen LogP) is 3.42. The summed E-state index contributed by atoms with van der Waals surface area (Å²) in [5.41, 5.74) is 3.62. The molecule has 0 fully saturated rings. The van der Waals surface area contributed by atoms with Crippen molar-refractivity contribution in [1.29, 1.82) is 0 Å². The maximum Gasteiger partial charge on any atom is 0.256 e. The summed E-state index contributed by atoms with van der Waals surface area (Å²) < 4.78 is 2.04. The quantitative estimate of drug-likeness (QED) is 0.753. The fraction of sp³-hybridized carbons (Fsp3) is 0.0526. The zero-order valence-corrected chi connectivity index (χ0v) is 12.4. The molecule has 23 heavy (non-hydrogen) atoms. The van der Waals surface area contributed by atoms with Gasteiger partial charge in [-0.15, -0.1) is 0 Å². The Morgan fingerprint density at radius 3 is 2.70 bits per heavy atom. The monoisotopic (exact) mass is 301 g/mol. The molecule has 1 aromatic heterocycles. The first-order valence-electron chi connectivity index (χ1n) is 7.49. The minimum Gasteiger partial charge on any atom is -0.327 e. The highest BCUT2D eigenvalue weighted by molar-refractivity contribution is 6.34. The highest BCUT2D eigenvalue weighted by Crippen LogP contribution is 2.32. The summed E-state index contributed by atoms with van der Waals surface area (Å²) in [6.45, 7) is 0.725. The van der Waals surface area contributed by atoms with Gasteiger partial charge in [-0.3, -0.25) is 4.79 Å². The van der Waals surface area contributed by atoms with Gasteiger partial charge in [0.05, 0.1) is 5.57 Å². The lowest BCUT2D eigenvalue weighted by Gasteiger charge is -2.06. The smallest absolute Gasteiger partial charge is 0.256 e. The Morgan fingerprint density at radius 1 is 1.04 bits per heavy atom. The van der Waals surface area contributed by atoms with Crippen molar-refractivity contribution < 1.29 is 4.79 Å². The molecule has 0 saturated heterocycles. The lowest BCUT2D eigenvalue weighted by Crippen LogP contribution is -2.05. The first-order chi connectivity index (χ1) is 11.3. The van der Waals surface area contributed by atoms with Gasteiger partial charge in [0.25, 0.3) is 5.91 Å². The number of anilines is 1. The number of para-hydroxylation sites is 1. The van der Waals surface area contributed by atoms with Crippen molar-refractivity contribution in [1.82, 2.24) is 9.55 Å². The average molecular weight is 301 g/mol. The van der Waals surface area contributed by atoms with E-state index in [1.165, 1.54) is 5.56 Å². The summed E-state index contributed by atoms with van der Waals surface area (Å²) in [6, 6.07) is 17.9. The van der Waals surface area contributed by atoms with Crippen LogP contribution in [0.1, 0.15) is 17.0 Å². The molecular formula is C19H15N3O. The van der Waals surface area contributed by atoms with Gasteiger partial charge in [0, 0.05) is 30.2 Å². The highest BCUT2D eigenvalue weighted by atomic mass is 16.2. The molecule has 0 unspecified atom stereocenters. The summed E-state index contributed by atoms with van der Waals surface area (Å²) >= 11 is 0. The molecule has 0 saturated carbocycles. The highest BCUT2D eigenvalue weighted by Gasteiger charge is 2.23. The third kappa shape index (κ3) is 2.55. The van der Waals surface area contributed by atoms with Crippen LogP contribution in [0.4, 0.5) is 5.69 Å². The molecule has 2 aromatic carbocycles. The molecule has 112 valence electrons. The molecule has 0 atom stereocenters. The van der Waals surface area contributed by atoms with E-state index in [1.54, 1.807) is 6.20 Å². The van der Waals surface area contributed by atoms with E-state index in [0.717, 1.165) is 23.6 Å². The van der Waals surface area contributed by atoms with Crippen LogP contribution in [0.15, 0.2) is 67.0 Å². The maximum absolute atomic E-state index is 12.2. The van der Waals surface area contributed by atoms with E-state index in [0.29, 0.717) is 5.57 Å². The molecule has 1 aliphatic heterocycles. The second-order valence-electron chi connectivity index (χ2n) is 5.46. The van der Waals surface area contributed by atoms with Crippen LogP contribution in [0.5, 0.6) is 0 Å². The van der Waals surface area contributed by atoms with Crippen molar-refractivity contribution in [2.45, 2.75) is 6.54 Å². The van der Waals surface area contributed by atoms with Crippen molar-refractivity contribution in [3.63, 3.8) is 0 Å². The molecule has 0 radical (unpaired) electrons. The molecule has 1 N–H and O–H groups in total. The van der Waals surface area contributed by atoms with Crippen LogP contribution in [0, 0.1) is 0 Å². The fourth-order valence-electron chi connectivity index (χ4n) is 2.79. The number of nitrogens with one attached hydrogen (secondary N) is 1. The van der Waals surface area contributed by atoms with Crippen molar-refractivity contribution in [2.24, 2.45) is 0 Å². The van der Waals surface area contributed by atoms with Gasteiger partial charge >= 0.3 is 0 Å². The van der Waals surface area contributed by atoms with Crippen LogP contribution >= 0.6 is 0 Å². The van der Waals surface area contributed by atoms with Crippen LogP contribution in [0.3, 0.4) is 0 Å². The number of carbonyl (C=O) groups is 1. The van der Waals surface area contributed by atoms with E-state index in [4.69, 9.17) is 0 Å². The molecule has 4 nitrogen and oxygen atoms in total. The number of fused-ring (bicyclic) bond motifs is 1. The Hall–Kier alpha value is -3.14. The van der Waals surface area contributed by atoms with Crippen molar-refractivity contribution in [3.8, 4) is 0 Å². The van der Waals surface area contributed by atoms with E-state index in [1.807, 2.05) is 59.3 Å². The average Bonchev–Trinajstić information content (AvgIpc) is 3.14. The molecule has 0 spiro atoms. The molecule has 3 aromatic rings. The van der Waals surface area contributed by atoms with E-state index < -0.39 is 0 Å². The minimum atomic E-state index is -0.0829. The third-order valence-electron chi connectivity index (χ3n) is 3.93. The first-order valence-corrected chi connectivity index (χ1v) is 7.49. The van der Waals surface area contributed by atoms with Gasteiger partial charge in [-0.2, -0.15) is 0 Å². The van der Waals surface area contributed by atoms with Crippen LogP contribution < -0.4 is 5.32 Å². The zero-order valence-electron chi connectivity index (χ0n) is 12.4. The molecule has 4 heteroatoms. The summed E-state index contributed by atoms with van der Waals surface area (Å²) in [5.74, 6) is 0.691. The SMILES string of the molecule is O=C1Nc2ccccc2C1=Cc1nccn1Cc1ccccc1. The number of imidazole rings is 1. The first kappa shape index (κ1) is 13.5. The van der Waals surface area contributed by atoms with Crippen LogP contribution in [-0.4, -0.2) is 15.5 Å². The van der Waals surface area contributed by atoms with Crippen LogP contribution in [-0.2, 0) is 11.3 Å². The molecular weight excluding hydrogens is 286 g/mol. The Morgan fingerprint density at radius 2 is 1.83 bits per heavy atom. The number of hydrogen-bond acceptors (Lipinski definition) is 2. The maximum atomic E-state index is 12.2. The van der Waals surface area contributed by atoms with Gasteiger partial charge in [-0.1, -0.05) is 48.5 Å². The topological polar surface area (TPSA) is 46.9 Å². The largest absolute Gasteiger partial charge is 0.327 e. The van der Waals surface area contributed by atoms with E-state index in [2.05, 4.69) is 22.4 Å². The lowest BCUT2D eigenvalue weighted by atomic mass is 10.1. The van der Waals surface area contributed by atoms with E-state index in [-0.39, 0.29) is 5.91 Å². The molecule has 0 aliphatic carbocycles. The number of nitrogens with zero attached hydrogens (tertiary/aromatic N) is 2. The molecule has 1 amide bonds. The number of hydrogen-bond donors (Lipinski definition) is 1.